The summed E-state index contributed by atoms with van der Waals surface area (Å²) in [5.41, 5.74) is 5.54. The Hall–Kier alpha value is -2.96. The number of hydrazone groups is 1. The number of anilines is 1. The number of ether oxygens (including phenoxy) is 1. The van der Waals surface area contributed by atoms with Crippen LogP contribution in [0.15, 0.2) is 58.0 Å². The summed E-state index contributed by atoms with van der Waals surface area (Å²) in [6.45, 7) is -1.06. The lowest BCUT2D eigenvalue weighted by Gasteiger charge is -2.05. The van der Waals surface area contributed by atoms with Crippen LogP contribution in [-0.2, 0) is 0 Å². The van der Waals surface area contributed by atoms with Gasteiger partial charge >= 0.3 is 12.6 Å². The molecular formula is C16H13F2N3O2. The molecular weight excluding hydrogens is 304 g/mol. The molecule has 0 radical (unpaired) electrons. The van der Waals surface area contributed by atoms with Crippen molar-refractivity contribution in [2.24, 2.45) is 5.10 Å². The monoisotopic (exact) mass is 317 g/mol. The molecule has 3 rings (SSSR count). The molecule has 1 aromatic heterocycles. The Morgan fingerprint density at radius 1 is 1.17 bits per heavy atom. The zero-order valence-electron chi connectivity index (χ0n) is 12.2. The average molecular weight is 317 g/mol. The highest BCUT2D eigenvalue weighted by Gasteiger charge is 2.06. The third kappa shape index (κ3) is 3.63. The van der Waals surface area contributed by atoms with Crippen molar-refractivity contribution in [3.05, 3.63) is 54.1 Å². The molecule has 0 fully saturated rings. The van der Waals surface area contributed by atoms with Crippen LogP contribution in [0.3, 0.4) is 0 Å². The first-order valence-corrected chi connectivity index (χ1v) is 6.83. The molecule has 0 saturated heterocycles. The molecule has 0 atom stereocenters. The maximum atomic E-state index is 12.1. The van der Waals surface area contributed by atoms with Gasteiger partial charge in [0.2, 0.25) is 0 Å². The fraction of sp³-hybridized carbons (Fsp3) is 0.125. The lowest BCUT2D eigenvalue weighted by Crippen LogP contribution is -2.03. The van der Waals surface area contributed by atoms with Gasteiger partial charge in [0, 0.05) is 0 Å². The van der Waals surface area contributed by atoms with Crippen molar-refractivity contribution in [2.45, 2.75) is 13.5 Å². The zero-order chi connectivity index (χ0) is 16.2. The second kappa shape index (κ2) is 6.43. The van der Waals surface area contributed by atoms with Gasteiger partial charge in [-0.2, -0.15) is 18.9 Å². The van der Waals surface area contributed by atoms with Gasteiger partial charge in [-0.15, -0.1) is 0 Å². The Bertz CT molecular complexity index is 796. The number of nitrogens with one attached hydrogen (secondary N) is 1. The molecule has 0 spiro atoms. The lowest BCUT2D eigenvalue weighted by atomic mass is 10.1. The minimum atomic E-state index is -2.84. The van der Waals surface area contributed by atoms with E-state index in [2.05, 4.69) is 20.2 Å². The minimum absolute atomic E-state index is 0.100. The molecule has 5 nitrogen and oxygen atoms in total. The third-order valence-electron chi connectivity index (χ3n) is 3.11. The Morgan fingerprint density at radius 3 is 2.61 bits per heavy atom. The number of oxazole rings is 1. The van der Waals surface area contributed by atoms with Crippen molar-refractivity contribution < 1.29 is 17.9 Å². The first-order chi connectivity index (χ1) is 11.1. The molecule has 1 N–H and O–H groups in total. The van der Waals surface area contributed by atoms with E-state index in [1.54, 1.807) is 19.1 Å². The van der Waals surface area contributed by atoms with E-state index < -0.39 is 6.61 Å². The Kier molecular flexibility index (Phi) is 4.18. The molecule has 23 heavy (non-hydrogen) atoms. The molecule has 0 aliphatic carbocycles. The maximum Gasteiger partial charge on any atom is 0.387 e. The maximum absolute atomic E-state index is 12.1. The van der Waals surface area contributed by atoms with Gasteiger partial charge < -0.3 is 9.15 Å². The number of nitrogens with zero attached hydrogens (tertiary/aromatic N) is 2. The number of aromatic nitrogens is 1. The predicted octanol–water partition coefficient (Wildman–Crippen LogP) is 4.27. The van der Waals surface area contributed by atoms with Crippen LogP contribution in [0.1, 0.15) is 12.5 Å². The van der Waals surface area contributed by atoms with Gasteiger partial charge in [0.15, 0.2) is 5.58 Å². The topological polar surface area (TPSA) is 59.7 Å². The summed E-state index contributed by atoms with van der Waals surface area (Å²) in [5.74, 6) is 0.100. The highest BCUT2D eigenvalue weighted by molar-refractivity contribution is 5.99. The normalized spacial score (nSPS) is 11.9. The summed E-state index contributed by atoms with van der Waals surface area (Å²) < 4.78 is 34.0. The van der Waals surface area contributed by atoms with Crippen LogP contribution >= 0.6 is 0 Å². The number of alkyl halides is 2. The largest absolute Gasteiger partial charge is 0.435 e. The van der Waals surface area contributed by atoms with Gasteiger partial charge in [-0.1, -0.05) is 12.1 Å². The fourth-order valence-corrected chi connectivity index (χ4v) is 1.99. The molecule has 3 aromatic rings. The Labute approximate surface area is 130 Å². The van der Waals surface area contributed by atoms with E-state index in [0.29, 0.717) is 11.3 Å². The first kappa shape index (κ1) is 15.0. The van der Waals surface area contributed by atoms with Crippen molar-refractivity contribution in [3.63, 3.8) is 0 Å². The molecule has 0 aliphatic heterocycles. The number of hydrogen-bond acceptors (Lipinski definition) is 5. The van der Waals surface area contributed by atoms with E-state index >= 15 is 0 Å². The molecule has 0 bridgehead atoms. The van der Waals surface area contributed by atoms with Gasteiger partial charge in [-0.3, -0.25) is 0 Å². The highest BCUT2D eigenvalue weighted by Crippen LogP contribution is 2.19. The molecule has 0 unspecified atom stereocenters. The van der Waals surface area contributed by atoms with E-state index in [1.165, 1.54) is 12.1 Å². The van der Waals surface area contributed by atoms with E-state index in [9.17, 15) is 8.78 Å². The molecule has 0 saturated carbocycles. The number of rotatable bonds is 5. The van der Waals surface area contributed by atoms with Gasteiger partial charge in [-0.05, 0) is 48.9 Å². The second-order valence-corrected chi connectivity index (χ2v) is 4.70. The average Bonchev–Trinajstić information content (AvgIpc) is 2.95. The quantitative estimate of drug-likeness (QED) is 0.564. The Morgan fingerprint density at radius 2 is 1.91 bits per heavy atom. The van der Waals surface area contributed by atoms with Gasteiger partial charge in [0.05, 0.1) is 5.71 Å². The van der Waals surface area contributed by atoms with E-state index in [1.807, 2.05) is 24.3 Å². The van der Waals surface area contributed by atoms with Crippen LogP contribution in [0, 0.1) is 0 Å². The SMILES string of the molecule is C/C(=N/Nc1nc2ccccc2o1)c1ccc(OC(F)F)cc1. The van der Waals surface area contributed by atoms with Crippen LogP contribution in [0.5, 0.6) is 5.75 Å². The molecule has 0 aliphatic rings. The van der Waals surface area contributed by atoms with Crippen LogP contribution in [-0.4, -0.2) is 17.3 Å². The third-order valence-corrected chi connectivity index (χ3v) is 3.11. The van der Waals surface area contributed by atoms with Gasteiger partial charge in [0.25, 0.3) is 0 Å². The lowest BCUT2D eigenvalue weighted by molar-refractivity contribution is -0.0498. The molecule has 118 valence electrons. The Balaban J connectivity index is 1.71. The molecule has 0 amide bonds. The van der Waals surface area contributed by atoms with Crippen molar-refractivity contribution in [1.82, 2.24) is 4.98 Å². The van der Waals surface area contributed by atoms with E-state index in [0.717, 1.165) is 11.1 Å². The van der Waals surface area contributed by atoms with E-state index in [-0.39, 0.29) is 11.8 Å². The van der Waals surface area contributed by atoms with Crippen molar-refractivity contribution in [1.29, 1.82) is 0 Å². The highest BCUT2D eigenvalue weighted by atomic mass is 19.3. The summed E-state index contributed by atoms with van der Waals surface area (Å²) >= 11 is 0. The summed E-state index contributed by atoms with van der Waals surface area (Å²) in [7, 11) is 0. The summed E-state index contributed by atoms with van der Waals surface area (Å²) in [6, 6.07) is 13.9. The van der Waals surface area contributed by atoms with Crippen molar-refractivity contribution in [3.8, 4) is 5.75 Å². The zero-order valence-corrected chi connectivity index (χ0v) is 12.2. The predicted molar refractivity (Wildman–Crippen MR) is 82.9 cm³/mol. The number of hydrogen-bond donors (Lipinski definition) is 1. The summed E-state index contributed by atoms with van der Waals surface area (Å²) in [4.78, 5) is 4.24. The first-order valence-electron chi connectivity index (χ1n) is 6.83. The number of halogens is 2. The van der Waals surface area contributed by atoms with Crippen LogP contribution in [0.25, 0.3) is 11.1 Å². The summed E-state index contributed by atoms with van der Waals surface area (Å²) in [6.07, 6.45) is 0. The van der Waals surface area contributed by atoms with Gasteiger partial charge in [0.1, 0.15) is 11.3 Å². The fourth-order valence-electron chi connectivity index (χ4n) is 1.99. The standard InChI is InChI=1S/C16H13F2N3O2/c1-10(11-6-8-12(9-7-11)22-15(17)18)20-21-16-19-13-4-2-3-5-14(13)23-16/h2-9,15H,1H3,(H,19,21)/b20-10-. The smallest absolute Gasteiger partial charge is 0.387 e. The number of para-hydroxylation sites is 2. The molecule has 2 aromatic carbocycles. The van der Waals surface area contributed by atoms with Crippen molar-refractivity contribution >= 4 is 22.8 Å². The number of fused-ring (bicyclic) bond motifs is 1. The summed E-state index contributed by atoms with van der Waals surface area (Å²) in [5, 5.41) is 4.17. The van der Waals surface area contributed by atoms with Crippen LogP contribution in [0.4, 0.5) is 14.8 Å². The second-order valence-electron chi connectivity index (χ2n) is 4.70. The van der Waals surface area contributed by atoms with E-state index in [4.69, 9.17) is 4.42 Å². The van der Waals surface area contributed by atoms with Gasteiger partial charge in [-0.25, -0.2) is 5.43 Å². The van der Waals surface area contributed by atoms with Crippen molar-refractivity contribution in [2.75, 3.05) is 5.43 Å². The molecule has 1 heterocycles. The minimum Gasteiger partial charge on any atom is -0.435 e. The number of benzene rings is 2. The van der Waals surface area contributed by atoms with Crippen LogP contribution < -0.4 is 10.2 Å². The van der Waals surface area contributed by atoms with Crippen LogP contribution in [0.2, 0.25) is 0 Å². The molecule has 7 heteroatoms.